The molecule has 3 rings (SSSR count). The number of fused-ring (bicyclic) bond motifs is 1. The molecular formula is C19H19Cl2N3O3. The molecule has 0 spiro atoms. The van der Waals surface area contributed by atoms with E-state index in [4.69, 9.17) is 32.7 Å². The van der Waals surface area contributed by atoms with Gasteiger partial charge in [0.25, 0.3) is 5.91 Å². The summed E-state index contributed by atoms with van der Waals surface area (Å²) in [7, 11) is 0. The van der Waals surface area contributed by atoms with Crippen LogP contribution in [0.5, 0.6) is 11.5 Å². The molecular weight excluding hydrogens is 389 g/mol. The molecule has 0 aliphatic rings. The first kappa shape index (κ1) is 19.3. The van der Waals surface area contributed by atoms with Crippen molar-refractivity contribution in [2.45, 2.75) is 20.8 Å². The lowest BCUT2D eigenvalue weighted by atomic mass is 10.2. The second kappa shape index (κ2) is 8.06. The number of ether oxygens (including phenoxy) is 2. The van der Waals surface area contributed by atoms with Gasteiger partial charge in [-0.1, -0.05) is 23.2 Å². The van der Waals surface area contributed by atoms with Crippen LogP contribution in [-0.2, 0) is 0 Å². The maximum atomic E-state index is 12.9. The Kier molecular flexibility index (Phi) is 5.77. The molecule has 0 aliphatic carbocycles. The number of carbonyl (C=O) groups excluding carboxylic acids is 1. The number of carbonyl (C=O) groups is 1. The van der Waals surface area contributed by atoms with Crippen LogP contribution in [0.25, 0.3) is 5.65 Å². The number of rotatable bonds is 6. The second-order valence-electron chi connectivity index (χ2n) is 5.73. The molecule has 0 saturated carbocycles. The van der Waals surface area contributed by atoms with Gasteiger partial charge < -0.3 is 14.8 Å². The molecule has 1 aromatic carbocycles. The van der Waals surface area contributed by atoms with Crippen molar-refractivity contribution >= 4 is 40.4 Å². The van der Waals surface area contributed by atoms with Gasteiger partial charge in [0.2, 0.25) is 0 Å². The molecule has 0 atom stereocenters. The quantitative estimate of drug-likeness (QED) is 0.624. The zero-order chi connectivity index (χ0) is 19.6. The van der Waals surface area contributed by atoms with Crippen molar-refractivity contribution in [2.24, 2.45) is 0 Å². The number of halogens is 2. The molecule has 0 fully saturated rings. The van der Waals surface area contributed by atoms with Crippen molar-refractivity contribution in [2.75, 3.05) is 18.5 Å². The minimum atomic E-state index is -0.329. The number of imidazole rings is 1. The first-order valence-corrected chi connectivity index (χ1v) is 9.24. The van der Waals surface area contributed by atoms with Gasteiger partial charge in [-0.15, -0.1) is 0 Å². The molecule has 6 nitrogen and oxygen atoms in total. The van der Waals surface area contributed by atoms with Gasteiger partial charge in [-0.2, -0.15) is 0 Å². The molecule has 1 N–H and O–H groups in total. The van der Waals surface area contributed by atoms with Crippen LogP contribution in [0.15, 0.2) is 30.5 Å². The van der Waals surface area contributed by atoms with Crippen LogP contribution in [0.1, 0.15) is 30.0 Å². The fourth-order valence-electron chi connectivity index (χ4n) is 2.78. The van der Waals surface area contributed by atoms with Gasteiger partial charge in [-0.05, 0) is 39.0 Å². The third-order valence-corrected chi connectivity index (χ3v) is 4.32. The van der Waals surface area contributed by atoms with Crippen LogP contribution in [0.3, 0.4) is 0 Å². The third-order valence-electron chi connectivity index (χ3n) is 3.83. The topological polar surface area (TPSA) is 64.9 Å². The van der Waals surface area contributed by atoms with Gasteiger partial charge in [-0.25, -0.2) is 4.98 Å². The number of hydrogen-bond acceptors (Lipinski definition) is 4. The number of anilines is 1. The largest absolute Gasteiger partial charge is 0.490 e. The first-order valence-electron chi connectivity index (χ1n) is 8.49. The van der Waals surface area contributed by atoms with E-state index in [1.165, 1.54) is 0 Å². The summed E-state index contributed by atoms with van der Waals surface area (Å²) in [5.74, 6) is 0.866. The molecule has 2 aromatic heterocycles. The molecule has 3 aromatic rings. The van der Waals surface area contributed by atoms with E-state index in [1.54, 1.807) is 41.8 Å². The van der Waals surface area contributed by atoms with Crippen LogP contribution in [-0.4, -0.2) is 28.5 Å². The van der Waals surface area contributed by atoms with E-state index in [9.17, 15) is 4.79 Å². The summed E-state index contributed by atoms with van der Waals surface area (Å²) < 4.78 is 12.7. The number of nitrogens with one attached hydrogen (secondary N) is 1. The Hall–Kier alpha value is -2.44. The summed E-state index contributed by atoms with van der Waals surface area (Å²) in [5, 5.41) is 3.66. The highest BCUT2D eigenvalue weighted by molar-refractivity contribution is 6.36. The first-order chi connectivity index (χ1) is 12.9. The summed E-state index contributed by atoms with van der Waals surface area (Å²) in [6, 6.07) is 6.83. The number of benzene rings is 1. The van der Waals surface area contributed by atoms with Gasteiger partial charge in [0.15, 0.2) is 17.1 Å². The van der Waals surface area contributed by atoms with E-state index in [0.717, 1.165) is 0 Å². The number of hydrogen-bond donors (Lipinski definition) is 1. The van der Waals surface area contributed by atoms with Gasteiger partial charge in [-0.3, -0.25) is 9.20 Å². The standard InChI is InChI=1S/C19H19Cl2N3O3/c1-4-26-15-7-6-13(9-16(15)27-5-2)23-19(25)17-11(3)22-18-14(21)8-12(20)10-24(17)18/h6-10H,4-5H2,1-3H3,(H,23,25). The van der Waals surface area contributed by atoms with Crippen molar-refractivity contribution in [1.82, 2.24) is 9.38 Å². The maximum Gasteiger partial charge on any atom is 0.274 e. The predicted molar refractivity (Wildman–Crippen MR) is 107 cm³/mol. The van der Waals surface area contributed by atoms with E-state index in [2.05, 4.69) is 10.3 Å². The Bertz CT molecular complexity index is 1000. The summed E-state index contributed by atoms with van der Waals surface area (Å²) in [4.78, 5) is 17.3. The Balaban J connectivity index is 1.95. The Labute approximate surface area is 167 Å². The van der Waals surface area contributed by atoms with Crippen molar-refractivity contribution in [3.63, 3.8) is 0 Å². The van der Waals surface area contributed by atoms with Gasteiger partial charge >= 0.3 is 0 Å². The SMILES string of the molecule is CCOc1ccc(NC(=O)c2c(C)nc3c(Cl)cc(Cl)cn23)cc1OCC. The molecule has 8 heteroatoms. The molecule has 1 amide bonds. The molecule has 27 heavy (non-hydrogen) atoms. The van der Waals surface area contributed by atoms with Crippen LogP contribution in [0.4, 0.5) is 5.69 Å². The summed E-state index contributed by atoms with van der Waals surface area (Å²) in [5.41, 5.74) is 1.97. The lowest BCUT2D eigenvalue weighted by molar-refractivity contribution is 0.102. The smallest absolute Gasteiger partial charge is 0.274 e. The highest BCUT2D eigenvalue weighted by Crippen LogP contribution is 2.31. The van der Waals surface area contributed by atoms with Crippen molar-refractivity contribution in [1.29, 1.82) is 0 Å². The molecule has 142 valence electrons. The van der Waals surface area contributed by atoms with Crippen molar-refractivity contribution < 1.29 is 14.3 Å². The lowest BCUT2D eigenvalue weighted by Gasteiger charge is -2.13. The van der Waals surface area contributed by atoms with E-state index in [-0.39, 0.29) is 5.91 Å². The average molecular weight is 408 g/mol. The molecule has 0 bridgehead atoms. The number of aromatic nitrogens is 2. The van der Waals surface area contributed by atoms with E-state index in [0.29, 0.717) is 57.5 Å². The Morgan fingerprint density at radius 3 is 2.56 bits per heavy atom. The minimum absolute atomic E-state index is 0.329. The number of aryl methyl sites for hydroxylation is 1. The summed E-state index contributed by atoms with van der Waals surface area (Å²) in [6.45, 7) is 6.54. The maximum absolute atomic E-state index is 12.9. The number of nitrogens with zero attached hydrogens (tertiary/aromatic N) is 2. The average Bonchev–Trinajstić information content (AvgIpc) is 2.94. The molecule has 0 saturated heterocycles. The fraction of sp³-hybridized carbons (Fsp3) is 0.263. The third kappa shape index (κ3) is 3.96. The molecule has 2 heterocycles. The highest BCUT2D eigenvalue weighted by Gasteiger charge is 2.19. The highest BCUT2D eigenvalue weighted by atomic mass is 35.5. The summed E-state index contributed by atoms with van der Waals surface area (Å²) in [6.07, 6.45) is 1.61. The van der Waals surface area contributed by atoms with Crippen molar-refractivity contribution in [3.05, 3.63) is 51.9 Å². The number of pyridine rings is 1. The zero-order valence-corrected chi connectivity index (χ0v) is 16.7. The van der Waals surface area contributed by atoms with E-state index >= 15 is 0 Å². The van der Waals surface area contributed by atoms with Gasteiger partial charge in [0.1, 0.15) is 5.69 Å². The second-order valence-corrected chi connectivity index (χ2v) is 6.57. The monoisotopic (exact) mass is 407 g/mol. The zero-order valence-electron chi connectivity index (χ0n) is 15.2. The van der Waals surface area contributed by atoms with Crippen LogP contribution in [0, 0.1) is 6.92 Å². The lowest BCUT2D eigenvalue weighted by Crippen LogP contribution is -2.15. The van der Waals surface area contributed by atoms with E-state index < -0.39 is 0 Å². The minimum Gasteiger partial charge on any atom is -0.490 e. The van der Waals surface area contributed by atoms with Crippen LogP contribution in [0.2, 0.25) is 10.0 Å². The predicted octanol–water partition coefficient (Wildman–Crippen LogP) is 5.00. The molecule has 0 aliphatic heterocycles. The van der Waals surface area contributed by atoms with Gasteiger partial charge in [0, 0.05) is 18.0 Å². The Morgan fingerprint density at radius 1 is 1.15 bits per heavy atom. The van der Waals surface area contributed by atoms with Crippen molar-refractivity contribution in [3.8, 4) is 11.5 Å². The number of amides is 1. The normalized spacial score (nSPS) is 10.9. The van der Waals surface area contributed by atoms with Crippen LogP contribution < -0.4 is 14.8 Å². The van der Waals surface area contributed by atoms with Gasteiger partial charge in [0.05, 0.1) is 29.0 Å². The van der Waals surface area contributed by atoms with Crippen LogP contribution >= 0.6 is 23.2 Å². The Morgan fingerprint density at radius 2 is 1.85 bits per heavy atom. The van der Waals surface area contributed by atoms with E-state index in [1.807, 2.05) is 13.8 Å². The molecule has 0 radical (unpaired) electrons. The summed E-state index contributed by atoms with van der Waals surface area (Å²) >= 11 is 12.3. The fourth-order valence-corrected chi connectivity index (χ4v) is 3.29. The molecule has 0 unspecified atom stereocenters.